The van der Waals surface area contributed by atoms with Gasteiger partial charge in [0.05, 0.1) is 12.2 Å². The van der Waals surface area contributed by atoms with Crippen LogP contribution in [0.3, 0.4) is 0 Å². The lowest BCUT2D eigenvalue weighted by Gasteiger charge is -2.50. The highest BCUT2D eigenvalue weighted by molar-refractivity contribution is 6.02. The van der Waals surface area contributed by atoms with E-state index in [-0.39, 0.29) is 24.0 Å². The molecule has 2 unspecified atom stereocenters. The smallest absolute Gasteiger partial charge is 0.248 e. The summed E-state index contributed by atoms with van der Waals surface area (Å²) in [5, 5.41) is 2.93. The molecule has 2 aliphatic heterocycles. The first kappa shape index (κ1) is 14.8. The van der Waals surface area contributed by atoms with Gasteiger partial charge in [-0.1, -0.05) is 12.8 Å². The highest BCUT2D eigenvalue weighted by Crippen LogP contribution is 2.40. The summed E-state index contributed by atoms with van der Waals surface area (Å²) >= 11 is 0. The molecule has 118 valence electrons. The number of hydrogen-bond donors (Lipinski definition) is 1. The van der Waals surface area contributed by atoms with Crippen molar-refractivity contribution in [2.24, 2.45) is 0 Å². The summed E-state index contributed by atoms with van der Waals surface area (Å²) in [7, 11) is 0. The third-order valence-corrected chi connectivity index (χ3v) is 5.28. The van der Waals surface area contributed by atoms with Gasteiger partial charge in [-0.05, 0) is 46.5 Å². The lowest BCUT2D eigenvalue weighted by atomic mass is 9.85. The first-order chi connectivity index (χ1) is 9.85. The number of carbonyl (C=O) groups excluding carboxylic acids is 2. The molecule has 0 radical (unpaired) electrons. The number of carbonyl (C=O) groups is 2. The van der Waals surface area contributed by atoms with Gasteiger partial charge in [0.15, 0.2) is 0 Å². The van der Waals surface area contributed by atoms with Gasteiger partial charge in [-0.15, -0.1) is 0 Å². The Hall–Kier alpha value is -1.10. The predicted molar refractivity (Wildman–Crippen MR) is 78.7 cm³/mol. The monoisotopic (exact) mass is 294 g/mol. The van der Waals surface area contributed by atoms with Crippen molar-refractivity contribution in [1.29, 1.82) is 0 Å². The molecule has 0 bridgehead atoms. The second-order valence-corrected chi connectivity index (χ2v) is 7.38. The molecule has 1 spiro atoms. The van der Waals surface area contributed by atoms with Crippen molar-refractivity contribution in [1.82, 2.24) is 10.2 Å². The lowest BCUT2D eigenvalue weighted by molar-refractivity contribution is -0.164. The normalized spacial score (nSPS) is 34.5. The number of nitrogens with one attached hydrogen (secondary N) is 1. The zero-order valence-corrected chi connectivity index (χ0v) is 13.3. The topological polar surface area (TPSA) is 58.6 Å². The standard InChI is InChI=1S/C16H26N2O3/c1-11-6-7-12(21-11)10-18-14(20)15(2,3)17-13(19)16(18)8-4-5-9-16/h11-12H,4-10H2,1-3H3,(H,17,19). The Morgan fingerprint density at radius 3 is 2.48 bits per heavy atom. The van der Waals surface area contributed by atoms with Crippen LogP contribution < -0.4 is 5.32 Å². The average molecular weight is 294 g/mol. The van der Waals surface area contributed by atoms with E-state index in [2.05, 4.69) is 12.2 Å². The fraction of sp³-hybridized carbons (Fsp3) is 0.875. The molecule has 5 nitrogen and oxygen atoms in total. The maximum absolute atomic E-state index is 12.9. The molecule has 3 aliphatic rings. The van der Waals surface area contributed by atoms with Crippen molar-refractivity contribution in [3.05, 3.63) is 0 Å². The number of rotatable bonds is 2. The molecular weight excluding hydrogens is 268 g/mol. The molecule has 2 amide bonds. The maximum atomic E-state index is 12.9. The van der Waals surface area contributed by atoms with Crippen molar-refractivity contribution in [2.45, 2.75) is 82.6 Å². The third kappa shape index (κ3) is 2.35. The molecule has 2 atom stereocenters. The zero-order chi connectivity index (χ0) is 15.3. The minimum Gasteiger partial charge on any atom is -0.373 e. The number of nitrogens with zero attached hydrogens (tertiary/aromatic N) is 1. The molecule has 0 aromatic heterocycles. The first-order valence-electron chi connectivity index (χ1n) is 8.15. The van der Waals surface area contributed by atoms with E-state index in [9.17, 15) is 9.59 Å². The molecule has 2 saturated heterocycles. The fourth-order valence-electron chi connectivity index (χ4n) is 4.05. The van der Waals surface area contributed by atoms with Crippen LogP contribution in [0.2, 0.25) is 0 Å². The third-order valence-electron chi connectivity index (χ3n) is 5.28. The van der Waals surface area contributed by atoms with Gasteiger partial charge in [0.25, 0.3) is 0 Å². The van der Waals surface area contributed by atoms with Gasteiger partial charge in [0, 0.05) is 6.54 Å². The summed E-state index contributed by atoms with van der Waals surface area (Å²) in [6, 6.07) is 0. The van der Waals surface area contributed by atoms with Gasteiger partial charge < -0.3 is 15.0 Å². The van der Waals surface area contributed by atoms with E-state index in [1.165, 1.54) is 0 Å². The van der Waals surface area contributed by atoms with Crippen molar-refractivity contribution in [2.75, 3.05) is 6.54 Å². The van der Waals surface area contributed by atoms with Crippen LogP contribution >= 0.6 is 0 Å². The van der Waals surface area contributed by atoms with Crippen LogP contribution in [-0.4, -0.2) is 46.5 Å². The predicted octanol–water partition coefficient (Wildman–Crippen LogP) is 1.60. The Kier molecular flexibility index (Phi) is 3.51. The SMILES string of the molecule is CC1CCC(CN2C(=O)C(C)(C)NC(=O)C23CCCC3)O1. The van der Waals surface area contributed by atoms with Crippen LogP contribution in [0.25, 0.3) is 0 Å². The molecule has 3 fully saturated rings. The molecule has 1 saturated carbocycles. The van der Waals surface area contributed by atoms with Crippen molar-refractivity contribution in [3.8, 4) is 0 Å². The average Bonchev–Trinajstić information content (AvgIpc) is 3.03. The van der Waals surface area contributed by atoms with E-state index in [0.29, 0.717) is 6.54 Å². The van der Waals surface area contributed by atoms with Crippen molar-refractivity contribution < 1.29 is 14.3 Å². The minimum atomic E-state index is -0.810. The summed E-state index contributed by atoms with van der Waals surface area (Å²) in [5.74, 6) is 0.0581. The molecule has 21 heavy (non-hydrogen) atoms. The van der Waals surface area contributed by atoms with E-state index in [4.69, 9.17) is 4.74 Å². The second-order valence-electron chi connectivity index (χ2n) is 7.38. The van der Waals surface area contributed by atoms with Gasteiger partial charge in [0.2, 0.25) is 11.8 Å². The number of piperazine rings is 1. The highest BCUT2D eigenvalue weighted by atomic mass is 16.5. The summed E-state index contributed by atoms with van der Waals surface area (Å²) in [4.78, 5) is 27.4. The van der Waals surface area contributed by atoms with Crippen molar-refractivity contribution >= 4 is 11.8 Å². The van der Waals surface area contributed by atoms with Crippen LogP contribution in [0.5, 0.6) is 0 Å². The maximum Gasteiger partial charge on any atom is 0.248 e. The summed E-state index contributed by atoms with van der Waals surface area (Å²) in [6.07, 6.45) is 5.93. The molecule has 0 aromatic carbocycles. The zero-order valence-electron chi connectivity index (χ0n) is 13.3. The van der Waals surface area contributed by atoms with E-state index >= 15 is 0 Å². The van der Waals surface area contributed by atoms with Gasteiger partial charge in [0.1, 0.15) is 11.1 Å². The Morgan fingerprint density at radius 1 is 1.24 bits per heavy atom. The van der Waals surface area contributed by atoms with Gasteiger partial charge in [-0.2, -0.15) is 0 Å². The second kappa shape index (κ2) is 4.97. The molecule has 1 aliphatic carbocycles. The Morgan fingerprint density at radius 2 is 1.90 bits per heavy atom. The quantitative estimate of drug-likeness (QED) is 0.841. The highest BCUT2D eigenvalue weighted by Gasteiger charge is 2.56. The van der Waals surface area contributed by atoms with Crippen LogP contribution in [0.15, 0.2) is 0 Å². The van der Waals surface area contributed by atoms with Crippen LogP contribution in [-0.2, 0) is 14.3 Å². The van der Waals surface area contributed by atoms with Crippen LogP contribution in [0, 0.1) is 0 Å². The molecule has 2 heterocycles. The van der Waals surface area contributed by atoms with Crippen LogP contribution in [0.4, 0.5) is 0 Å². The van der Waals surface area contributed by atoms with Gasteiger partial charge >= 0.3 is 0 Å². The Bertz CT molecular complexity index is 454. The number of ether oxygens (including phenoxy) is 1. The Labute approximate surface area is 126 Å². The largest absolute Gasteiger partial charge is 0.373 e. The Balaban J connectivity index is 1.87. The minimum absolute atomic E-state index is 0.0237. The summed E-state index contributed by atoms with van der Waals surface area (Å²) in [6.45, 7) is 6.21. The first-order valence-corrected chi connectivity index (χ1v) is 8.15. The lowest BCUT2D eigenvalue weighted by Crippen LogP contribution is -2.74. The number of hydrogen-bond acceptors (Lipinski definition) is 3. The summed E-state index contributed by atoms with van der Waals surface area (Å²) < 4.78 is 5.89. The van der Waals surface area contributed by atoms with E-state index in [1.54, 1.807) is 13.8 Å². The van der Waals surface area contributed by atoms with Crippen LogP contribution in [0.1, 0.15) is 59.3 Å². The van der Waals surface area contributed by atoms with E-state index in [1.807, 2.05) is 4.90 Å². The van der Waals surface area contributed by atoms with E-state index in [0.717, 1.165) is 38.5 Å². The molecule has 0 aromatic rings. The summed E-state index contributed by atoms with van der Waals surface area (Å²) in [5.41, 5.74) is -1.43. The van der Waals surface area contributed by atoms with E-state index < -0.39 is 11.1 Å². The van der Waals surface area contributed by atoms with Crippen molar-refractivity contribution in [3.63, 3.8) is 0 Å². The van der Waals surface area contributed by atoms with Gasteiger partial charge in [-0.25, -0.2) is 0 Å². The molecule has 1 N–H and O–H groups in total. The number of amides is 2. The molecule has 3 rings (SSSR count). The van der Waals surface area contributed by atoms with Gasteiger partial charge in [-0.3, -0.25) is 9.59 Å². The fourth-order valence-corrected chi connectivity index (χ4v) is 4.05. The molecule has 5 heteroatoms. The molecular formula is C16H26N2O3.